The number of benzene rings is 1. The van der Waals surface area contributed by atoms with Crippen molar-refractivity contribution in [1.82, 2.24) is 5.43 Å². The topological polar surface area (TPSA) is 84.6 Å². The fourth-order valence-corrected chi connectivity index (χ4v) is 3.21. The van der Waals surface area contributed by atoms with E-state index in [4.69, 9.17) is 0 Å². The number of nitro groups is 1. The third-order valence-electron chi connectivity index (χ3n) is 3.64. The van der Waals surface area contributed by atoms with Crippen LogP contribution in [-0.4, -0.2) is 22.3 Å². The summed E-state index contributed by atoms with van der Waals surface area (Å²) in [5.41, 5.74) is 4.62. The van der Waals surface area contributed by atoms with Gasteiger partial charge in [-0.2, -0.15) is 5.10 Å². The predicted molar refractivity (Wildman–Crippen MR) is 92.5 cm³/mol. The molecule has 2 rings (SSSR count). The molecule has 124 valence electrons. The molecule has 0 spiro atoms. The van der Waals surface area contributed by atoms with E-state index in [-0.39, 0.29) is 11.6 Å². The van der Waals surface area contributed by atoms with Gasteiger partial charge in [0.2, 0.25) is 5.91 Å². The third kappa shape index (κ3) is 6.40. The summed E-state index contributed by atoms with van der Waals surface area (Å²) in [5, 5.41) is 14.9. The zero-order chi connectivity index (χ0) is 16.5. The zero-order valence-electron chi connectivity index (χ0n) is 13.0. The lowest BCUT2D eigenvalue weighted by Crippen LogP contribution is -2.21. The van der Waals surface area contributed by atoms with Crippen molar-refractivity contribution in [3.05, 3.63) is 39.9 Å². The van der Waals surface area contributed by atoms with Crippen LogP contribution in [0.1, 0.15) is 44.1 Å². The van der Waals surface area contributed by atoms with E-state index in [1.807, 2.05) is 6.07 Å². The van der Waals surface area contributed by atoms with Gasteiger partial charge in [-0.15, -0.1) is 11.8 Å². The lowest BCUT2D eigenvalue weighted by Gasteiger charge is -2.04. The minimum Gasteiger partial charge on any atom is -0.272 e. The number of carbonyl (C=O) groups excluding carboxylic acids is 1. The highest BCUT2D eigenvalue weighted by Gasteiger charge is 2.08. The van der Waals surface area contributed by atoms with E-state index in [1.54, 1.807) is 6.07 Å². The van der Waals surface area contributed by atoms with Gasteiger partial charge in [-0.3, -0.25) is 14.9 Å². The summed E-state index contributed by atoms with van der Waals surface area (Å²) < 4.78 is 0. The number of hydrogen-bond donors (Lipinski definition) is 1. The Morgan fingerprint density at radius 3 is 2.70 bits per heavy atom. The number of hydrazone groups is 1. The smallest absolute Gasteiger partial charge is 0.269 e. The van der Waals surface area contributed by atoms with Crippen LogP contribution < -0.4 is 5.43 Å². The fourth-order valence-electron chi connectivity index (χ4n) is 2.44. The second-order valence-electron chi connectivity index (χ2n) is 5.55. The first-order chi connectivity index (χ1) is 11.1. The normalized spacial score (nSPS) is 14.9. The van der Waals surface area contributed by atoms with Crippen LogP contribution in [0.5, 0.6) is 0 Å². The van der Waals surface area contributed by atoms with Gasteiger partial charge < -0.3 is 0 Å². The number of hydrogen-bond acceptors (Lipinski definition) is 5. The average molecular weight is 335 g/mol. The molecular formula is C16H21N3O3S. The minimum absolute atomic E-state index is 0.0762. The maximum atomic E-state index is 11.8. The molecule has 0 aliphatic heterocycles. The van der Waals surface area contributed by atoms with Gasteiger partial charge in [0, 0.05) is 23.6 Å². The number of nitrogens with zero attached hydrogens (tertiary/aromatic N) is 2. The molecule has 0 radical (unpaired) electrons. The molecule has 0 atom stereocenters. The second kappa shape index (κ2) is 9.29. The van der Waals surface area contributed by atoms with Crippen LogP contribution in [0, 0.1) is 10.1 Å². The van der Waals surface area contributed by atoms with Crippen molar-refractivity contribution in [3.8, 4) is 0 Å². The maximum absolute atomic E-state index is 11.8. The van der Waals surface area contributed by atoms with Crippen molar-refractivity contribution in [2.24, 2.45) is 5.10 Å². The van der Waals surface area contributed by atoms with Crippen LogP contribution in [0.2, 0.25) is 0 Å². The molecule has 1 saturated carbocycles. The zero-order valence-corrected chi connectivity index (χ0v) is 13.8. The Morgan fingerprint density at radius 2 is 2.00 bits per heavy atom. The molecule has 0 saturated heterocycles. The van der Waals surface area contributed by atoms with Crippen LogP contribution >= 0.6 is 11.8 Å². The molecular weight excluding hydrogens is 314 g/mol. The fraction of sp³-hybridized carbons (Fsp3) is 0.500. The summed E-state index contributed by atoms with van der Waals surface area (Å²) in [7, 11) is 0. The minimum atomic E-state index is -0.413. The van der Waals surface area contributed by atoms with Crippen molar-refractivity contribution in [2.75, 3.05) is 5.75 Å². The highest BCUT2D eigenvalue weighted by Crippen LogP contribution is 2.18. The van der Waals surface area contributed by atoms with Gasteiger partial charge in [-0.25, -0.2) is 5.43 Å². The van der Waals surface area contributed by atoms with Crippen molar-refractivity contribution < 1.29 is 9.72 Å². The molecule has 23 heavy (non-hydrogen) atoms. The van der Waals surface area contributed by atoms with Crippen molar-refractivity contribution >= 4 is 29.1 Å². The molecule has 1 amide bonds. The molecule has 7 heteroatoms. The van der Waals surface area contributed by atoms with Crippen LogP contribution in [0.15, 0.2) is 29.4 Å². The molecule has 0 aromatic heterocycles. The van der Waals surface area contributed by atoms with Gasteiger partial charge in [-0.1, -0.05) is 25.0 Å². The number of nitro benzene ring substituents is 1. The first-order valence-corrected chi connectivity index (χ1v) is 8.96. The predicted octanol–water partition coefficient (Wildman–Crippen LogP) is 3.65. The summed E-state index contributed by atoms with van der Waals surface area (Å²) >= 11 is 1.42. The van der Waals surface area contributed by atoms with E-state index in [0.29, 0.717) is 11.5 Å². The Bertz CT molecular complexity index is 580. The van der Waals surface area contributed by atoms with Crippen molar-refractivity contribution in [2.45, 2.75) is 44.3 Å². The SMILES string of the molecule is O=C(CSCc1cccc([N+](=O)[O-])c1)NN=C1CCCCCC1. The molecule has 1 fully saturated rings. The Kier molecular flexibility index (Phi) is 7.06. The number of amides is 1. The van der Waals surface area contributed by atoms with E-state index in [2.05, 4.69) is 10.5 Å². The Hall–Kier alpha value is -1.89. The third-order valence-corrected chi connectivity index (χ3v) is 4.65. The summed E-state index contributed by atoms with van der Waals surface area (Å²) in [6.45, 7) is 0. The molecule has 6 nitrogen and oxygen atoms in total. The van der Waals surface area contributed by atoms with Crippen LogP contribution in [0.3, 0.4) is 0 Å². The Labute approximate surface area is 139 Å². The first kappa shape index (κ1) is 17.5. The van der Waals surface area contributed by atoms with Crippen LogP contribution in [-0.2, 0) is 10.5 Å². The number of non-ortho nitro benzene ring substituents is 1. The van der Waals surface area contributed by atoms with Gasteiger partial charge in [0.1, 0.15) is 0 Å². The van der Waals surface area contributed by atoms with E-state index in [0.717, 1.165) is 37.0 Å². The average Bonchev–Trinajstić information content (AvgIpc) is 2.82. The van der Waals surface area contributed by atoms with Crippen molar-refractivity contribution in [1.29, 1.82) is 0 Å². The second-order valence-corrected chi connectivity index (χ2v) is 6.53. The van der Waals surface area contributed by atoms with Gasteiger partial charge in [-0.05, 0) is 31.2 Å². The molecule has 0 unspecified atom stereocenters. The van der Waals surface area contributed by atoms with Crippen LogP contribution in [0.25, 0.3) is 0 Å². The molecule has 1 aromatic carbocycles. The molecule has 1 aromatic rings. The van der Waals surface area contributed by atoms with E-state index in [9.17, 15) is 14.9 Å². The molecule has 1 N–H and O–H groups in total. The summed E-state index contributed by atoms with van der Waals surface area (Å²) in [5.74, 6) is 0.725. The van der Waals surface area contributed by atoms with E-state index >= 15 is 0 Å². The standard InChI is InChI=1S/C16H21N3O3S/c20-16(18-17-14-7-3-1-2-4-8-14)12-23-11-13-6-5-9-15(10-13)19(21)22/h5-6,9-10H,1-4,7-8,11-12H2,(H,18,20). The largest absolute Gasteiger partial charge is 0.272 e. The number of rotatable bonds is 6. The molecule has 0 heterocycles. The van der Waals surface area contributed by atoms with E-state index < -0.39 is 4.92 Å². The van der Waals surface area contributed by atoms with Gasteiger partial charge >= 0.3 is 0 Å². The van der Waals surface area contributed by atoms with Gasteiger partial charge in [0.15, 0.2) is 0 Å². The number of thioether (sulfide) groups is 1. The maximum Gasteiger partial charge on any atom is 0.269 e. The highest BCUT2D eigenvalue weighted by molar-refractivity contribution is 7.99. The Morgan fingerprint density at radius 1 is 1.26 bits per heavy atom. The first-order valence-electron chi connectivity index (χ1n) is 7.80. The van der Waals surface area contributed by atoms with Gasteiger partial charge in [0.05, 0.1) is 10.7 Å². The van der Waals surface area contributed by atoms with Gasteiger partial charge in [0.25, 0.3) is 5.69 Å². The number of carbonyl (C=O) groups is 1. The quantitative estimate of drug-likeness (QED) is 0.488. The van der Waals surface area contributed by atoms with Crippen molar-refractivity contribution in [3.63, 3.8) is 0 Å². The summed E-state index contributed by atoms with van der Waals surface area (Å²) in [6.07, 6.45) is 6.73. The summed E-state index contributed by atoms with van der Waals surface area (Å²) in [4.78, 5) is 22.1. The molecule has 0 bridgehead atoms. The summed E-state index contributed by atoms with van der Waals surface area (Å²) in [6, 6.07) is 6.48. The lowest BCUT2D eigenvalue weighted by atomic mass is 10.2. The van der Waals surface area contributed by atoms with E-state index in [1.165, 1.54) is 36.7 Å². The monoisotopic (exact) mass is 335 g/mol. The van der Waals surface area contributed by atoms with Crippen LogP contribution in [0.4, 0.5) is 5.69 Å². The molecule has 1 aliphatic rings. The highest BCUT2D eigenvalue weighted by atomic mass is 32.2. The molecule has 1 aliphatic carbocycles. The number of nitrogens with one attached hydrogen (secondary N) is 1. The lowest BCUT2D eigenvalue weighted by molar-refractivity contribution is -0.384. The Balaban J connectivity index is 1.73.